The Hall–Kier alpha value is -3.30. The van der Waals surface area contributed by atoms with Gasteiger partial charge >= 0.3 is 0 Å². The van der Waals surface area contributed by atoms with Crippen LogP contribution in [-0.4, -0.2) is 47.5 Å². The van der Waals surface area contributed by atoms with Crippen molar-refractivity contribution in [3.63, 3.8) is 0 Å². The molecule has 0 radical (unpaired) electrons. The lowest BCUT2D eigenvalue weighted by Crippen LogP contribution is -2.45. The van der Waals surface area contributed by atoms with Crippen molar-refractivity contribution in [2.45, 2.75) is 58.8 Å². The topological polar surface area (TPSA) is 80.8 Å². The molecule has 0 spiro atoms. The van der Waals surface area contributed by atoms with Crippen LogP contribution in [0.15, 0.2) is 47.8 Å². The van der Waals surface area contributed by atoms with Crippen molar-refractivity contribution in [2.75, 3.05) is 19.7 Å². The van der Waals surface area contributed by atoms with Crippen LogP contribution in [0.2, 0.25) is 0 Å². The number of carbonyl (C=O) groups excluding carboxylic acids is 2. The Labute approximate surface area is 232 Å². The average molecular weight is 552 g/mol. The first-order chi connectivity index (χ1) is 18.7. The van der Waals surface area contributed by atoms with Crippen molar-refractivity contribution in [2.24, 2.45) is 5.41 Å². The quantitative estimate of drug-likeness (QED) is 0.432. The van der Waals surface area contributed by atoms with E-state index in [1.165, 1.54) is 23.5 Å². The van der Waals surface area contributed by atoms with E-state index in [1.807, 2.05) is 49.9 Å². The largest absolute Gasteiger partial charge is 0.486 e. The smallest absolute Gasteiger partial charge is 0.270 e. The van der Waals surface area contributed by atoms with E-state index in [0.717, 1.165) is 36.1 Å². The van der Waals surface area contributed by atoms with Crippen LogP contribution >= 0.6 is 11.3 Å². The minimum atomic E-state index is -0.573. The van der Waals surface area contributed by atoms with Gasteiger partial charge in [-0.3, -0.25) is 9.59 Å². The van der Waals surface area contributed by atoms with E-state index in [-0.39, 0.29) is 30.3 Å². The van der Waals surface area contributed by atoms with Gasteiger partial charge in [0.05, 0.1) is 12.1 Å². The van der Waals surface area contributed by atoms with Gasteiger partial charge in [-0.2, -0.15) is 0 Å². The zero-order valence-electron chi connectivity index (χ0n) is 22.5. The number of fused-ring (bicyclic) bond motifs is 1. The minimum Gasteiger partial charge on any atom is -0.486 e. The van der Waals surface area contributed by atoms with E-state index < -0.39 is 11.5 Å². The molecule has 9 heteroatoms. The first kappa shape index (κ1) is 27.3. The molecule has 39 heavy (non-hydrogen) atoms. The number of rotatable bonds is 7. The van der Waals surface area contributed by atoms with Crippen molar-refractivity contribution in [3.05, 3.63) is 81.1 Å². The van der Waals surface area contributed by atoms with Crippen LogP contribution in [0.3, 0.4) is 0 Å². The maximum Gasteiger partial charge on any atom is 0.270 e. The van der Waals surface area contributed by atoms with Gasteiger partial charge in [0, 0.05) is 30.5 Å². The van der Waals surface area contributed by atoms with Gasteiger partial charge in [0.1, 0.15) is 28.9 Å². The molecule has 7 nitrogen and oxygen atoms in total. The molecule has 0 unspecified atom stereocenters. The number of carbonyl (C=O) groups is 2. The van der Waals surface area contributed by atoms with E-state index in [9.17, 15) is 14.0 Å². The molecule has 2 aromatic carbocycles. The summed E-state index contributed by atoms with van der Waals surface area (Å²) in [6, 6.07) is 11.9. The zero-order valence-corrected chi connectivity index (χ0v) is 23.4. The van der Waals surface area contributed by atoms with E-state index in [4.69, 9.17) is 9.47 Å². The van der Waals surface area contributed by atoms with Gasteiger partial charge in [-0.25, -0.2) is 9.37 Å². The van der Waals surface area contributed by atoms with Gasteiger partial charge < -0.3 is 19.7 Å². The molecule has 3 heterocycles. The highest BCUT2D eigenvalue weighted by Gasteiger charge is 2.37. The summed E-state index contributed by atoms with van der Waals surface area (Å²) in [5.74, 6) is 0.0829. The second-order valence-corrected chi connectivity index (χ2v) is 12.0. The highest BCUT2D eigenvalue weighted by molar-refractivity contribution is 7.09. The molecule has 206 valence electrons. The predicted octanol–water partition coefficient (Wildman–Crippen LogP) is 5.29. The summed E-state index contributed by atoms with van der Waals surface area (Å²) in [6.45, 7) is 7.70. The highest BCUT2D eigenvalue weighted by Crippen LogP contribution is 2.39. The van der Waals surface area contributed by atoms with Gasteiger partial charge in [0.25, 0.3) is 5.91 Å². The lowest BCUT2D eigenvalue weighted by molar-refractivity contribution is -0.141. The Morgan fingerprint density at radius 1 is 1.23 bits per heavy atom. The Morgan fingerprint density at radius 2 is 2.08 bits per heavy atom. The number of benzene rings is 2. The van der Waals surface area contributed by atoms with E-state index in [2.05, 4.69) is 10.3 Å². The highest BCUT2D eigenvalue weighted by atomic mass is 32.1. The van der Waals surface area contributed by atoms with E-state index in [0.29, 0.717) is 36.0 Å². The molecule has 2 atom stereocenters. The number of nitrogens with one attached hydrogen (secondary N) is 1. The Kier molecular flexibility index (Phi) is 8.00. The van der Waals surface area contributed by atoms with Crippen LogP contribution in [0.25, 0.3) is 0 Å². The maximum atomic E-state index is 14.3. The standard InChI is InChI=1S/C30H34FN3O4S/c1-30(2,3)29(36)34-12-11-19-9-10-22(15-24(19)27(34)20-6-4-7-21(31)14-20)38-17-26-33-25(18-39-26)28(35)32-16-23-8-5-13-37-23/h4,6-7,9-10,14-15,18,23,27H,5,8,11-13,16-17H2,1-3H3,(H,32,35)/t23-,27-/m0/s1. The monoisotopic (exact) mass is 551 g/mol. The molecule has 1 aromatic heterocycles. The van der Waals surface area contributed by atoms with Gasteiger partial charge in [0.15, 0.2) is 0 Å². The average Bonchev–Trinajstić information content (AvgIpc) is 3.61. The summed E-state index contributed by atoms with van der Waals surface area (Å²) in [6.07, 6.45) is 2.76. The Bertz CT molecular complexity index is 1350. The molecule has 0 saturated carbocycles. The molecule has 5 rings (SSSR count). The summed E-state index contributed by atoms with van der Waals surface area (Å²) in [5.41, 5.74) is 2.55. The van der Waals surface area contributed by atoms with Crippen molar-refractivity contribution in [1.29, 1.82) is 0 Å². The molecule has 1 fully saturated rings. The van der Waals surface area contributed by atoms with E-state index >= 15 is 0 Å². The molecule has 0 bridgehead atoms. The fraction of sp³-hybridized carbons (Fsp3) is 0.433. The summed E-state index contributed by atoms with van der Waals surface area (Å²) >= 11 is 1.37. The van der Waals surface area contributed by atoms with Crippen molar-refractivity contribution < 1.29 is 23.5 Å². The van der Waals surface area contributed by atoms with Crippen LogP contribution in [-0.2, 0) is 22.6 Å². The molecule has 2 aliphatic heterocycles. The van der Waals surface area contributed by atoms with E-state index in [1.54, 1.807) is 11.4 Å². The zero-order chi connectivity index (χ0) is 27.6. The number of halogens is 1. The van der Waals surface area contributed by atoms with Gasteiger partial charge in [-0.15, -0.1) is 11.3 Å². The first-order valence-electron chi connectivity index (χ1n) is 13.4. The second-order valence-electron chi connectivity index (χ2n) is 11.1. The number of thiazole rings is 1. The SMILES string of the molecule is CC(C)(C)C(=O)N1CCc2ccc(OCc3nc(C(=O)NC[C@@H]4CCCO4)cs3)cc2[C@@H]1c1cccc(F)c1. The fourth-order valence-electron chi connectivity index (χ4n) is 5.10. The number of amides is 2. The molecular weight excluding hydrogens is 517 g/mol. The van der Waals surface area contributed by atoms with Crippen LogP contribution in [0, 0.1) is 11.2 Å². The summed E-state index contributed by atoms with van der Waals surface area (Å²) < 4.78 is 25.9. The minimum absolute atomic E-state index is 0.0156. The lowest BCUT2D eigenvalue weighted by Gasteiger charge is -2.41. The number of ether oxygens (including phenoxy) is 2. The third-order valence-corrected chi connectivity index (χ3v) is 7.90. The van der Waals surface area contributed by atoms with Gasteiger partial charge in [-0.1, -0.05) is 39.0 Å². The summed E-state index contributed by atoms with van der Waals surface area (Å²) in [4.78, 5) is 32.2. The second kappa shape index (κ2) is 11.4. The van der Waals surface area contributed by atoms with Crippen molar-refractivity contribution >= 4 is 23.2 Å². The number of hydrogen-bond donors (Lipinski definition) is 1. The van der Waals surface area contributed by atoms with Crippen molar-refractivity contribution in [3.8, 4) is 5.75 Å². The fourth-order valence-corrected chi connectivity index (χ4v) is 5.78. The molecule has 3 aromatic rings. The summed E-state index contributed by atoms with van der Waals surface area (Å²) in [7, 11) is 0. The lowest BCUT2D eigenvalue weighted by atomic mass is 9.85. The molecule has 1 saturated heterocycles. The first-order valence-corrected chi connectivity index (χ1v) is 14.2. The number of aromatic nitrogens is 1. The Balaban J connectivity index is 1.32. The number of hydrogen-bond acceptors (Lipinski definition) is 6. The number of nitrogens with zero attached hydrogens (tertiary/aromatic N) is 2. The maximum absolute atomic E-state index is 14.3. The van der Waals surface area contributed by atoms with Crippen LogP contribution in [0.5, 0.6) is 5.75 Å². The predicted molar refractivity (Wildman–Crippen MR) is 147 cm³/mol. The molecule has 2 amide bonds. The summed E-state index contributed by atoms with van der Waals surface area (Å²) in [5, 5.41) is 5.30. The molecule has 1 N–H and O–H groups in total. The van der Waals surface area contributed by atoms with Crippen LogP contribution in [0.1, 0.15) is 71.8 Å². The normalized spacial score (nSPS) is 19.0. The van der Waals surface area contributed by atoms with Gasteiger partial charge in [-0.05, 0) is 60.2 Å². The molecule has 2 aliphatic rings. The van der Waals surface area contributed by atoms with Crippen molar-refractivity contribution in [1.82, 2.24) is 15.2 Å². The molecular formula is C30H34FN3O4S. The Morgan fingerprint density at radius 3 is 2.82 bits per heavy atom. The van der Waals surface area contributed by atoms with Crippen LogP contribution < -0.4 is 10.1 Å². The third-order valence-electron chi connectivity index (χ3n) is 7.07. The van der Waals surface area contributed by atoms with Crippen LogP contribution in [0.4, 0.5) is 4.39 Å². The molecule has 0 aliphatic carbocycles. The third kappa shape index (κ3) is 6.31. The van der Waals surface area contributed by atoms with Gasteiger partial charge in [0.2, 0.25) is 5.91 Å².